The van der Waals surface area contributed by atoms with Gasteiger partial charge in [0.05, 0.1) is 13.5 Å². The second-order valence-corrected chi connectivity index (χ2v) is 4.44. The first-order valence-corrected chi connectivity index (χ1v) is 6.25. The minimum absolute atomic E-state index is 0.0698. The SMILES string of the molecule is COc1ccc(CC(=O)NN=C2CCCC2)cc1. The van der Waals surface area contributed by atoms with Crippen molar-refractivity contribution in [1.29, 1.82) is 0 Å². The number of hydrazone groups is 1. The third kappa shape index (κ3) is 3.58. The number of ether oxygens (including phenoxy) is 1. The van der Waals surface area contributed by atoms with Gasteiger partial charge in [-0.2, -0.15) is 5.10 Å². The monoisotopic (exact) mass is 246 g/mol. The molecule has 0 aromatic heterocycles. The molecule has 1 aliphatic carbocycles. The summed E-state index contributed by atoms with van der Waals surface area (Å²) in [6.07, 6.45) is 4.76. The lowest BCUT2D eigenvalue weighted by atomic mass is 10.1. The molecule has 4 heteroatoms. The predicted octanol–water partition coefficient (Wildman–Crippen LogP) is 2.28. The third-order valence-corrected chi connectivity index (χ3v) is 3.04. The summed E-state index contributed by atoms with van der Waals surface area (Å²) in [5.41, 5.74) is 4.69. The summed E-state index contributed by atoms with van der Waals surface area (Å²) >= 11 is 0. The van der Waals surface area contributed by atoms with E-state index in [1.165, 1.54) is 12.8 Å². The van der Waals surface area contributed by atoms with E-state index < -0.39 is 0 Å². The van der Waals surface area contributed by atoms with Gasteiger partial charge in [0.2, 0.25) is 5.91 Å². The zero-order valence-corrected chi connectivity index (χ0v) is 10.6. The molecule has 1 aliphatic rings. The lowest BCUT2D eigenvalue weighted by Gasteiger charge is -2.03. The molecule has 0 bridgehead atoms. The van der Waals surface area contributed by atoms with Gasteiger partial charge < -0.3 is 4.74 Å². The van der Waals surface area contributed by atoms with E-state index >= 15 is 0 Å². The number of rotatable bonds is 4. The van der Waals surface area contributed by atoms with Gasteiger partial charge in [-0.1, -0.05) is 12.1 Å². The molecule has 1 amide bonds. The van der Waals surface area contributed by atoms with E-state index in [9.17, 15) is 4.79 Å². The molecule has 0 heterocycles. The molecule has 1 N–H and O–H groups in total. The molecule has 0 radical (unpaired) electrons. The predicted molar refractivity (Wildman–Crippen MR) is 70.7 cm³/mol. The van der Waals surface area contributed by atoms with E-state index in [2.05, 4.69) is 10.5 Å². The number of nitrogens with zero attached hydrogens (tertiary/aromatic N) is 1. The Kier molecular flexibility index (Phi) is 4.34. The van der Waals surface area contributed by atoms with Crippen LogP contribution in [0.15, 0.2) is 29.4 Å². The summed E-state index contributed by atoms with van der Waals surface area (Å²) in [5.74, 6) is 0.727. The van der Waals surface area contributed by atoms with Crippen LogP contribution in [0.1, 0.15) is 31.2 Å². The highest BCUT2D eigenvalue weighted by molar-refractivity contribution is 5.88. The average Bonchev–Trinajstić information content (AvgIpc) is 2.90. The summed E-state index contributed by atoms with van der Waals surface area (Å²) in [4.78, 5) is 11.7. The van der Waals surface area contributed by atoms with E-state index in [0.717, 1.165) is 29.9 Å². The van der Waals surface area contributed by atoms with Crippen LogP contribution in [0.2, 0.25) is 0 Å². The Morgan fingerprint density at radius 3 is 2.56 bits per heavy atom. The largest absolute Gasteiger partial charge is 0.497 e. The van der Waals surface area contributed by atoms with Crippen molar-refractivity contribution in [2.24, 2.45) is 5.10 Å². The van der Waals surface area contributed by atoms with Gasteiger partial charge in [0.25, 0.3) is 0 Å². The van der Waals surface area contributed by atoms with Crippen LogP contribution in [0.25, 0.3) is 0 Å². The molecular weight excluding hydrogens is 228 g/mol. The van der Waals surface area contributed by atoms with Crippen molar-refractivity contribution in [3.8, 4) is 5.75 Å². The van der Waals surface area contributed by atoms with Crippen molar-refractivity contribution in [1.82, 2.24) is 5.43 Å². The molecule has 0 spiro atoms. The Hall–Kier alpha value is -1.84. The average molecular weight is 246 g/mol. The first kappa shape index (κ1) is 12.6. The fourth-order valence-corrected chi connectivity index (χ4v) is 2.00. The van der Waals surface area contributed by atoms with Crippen LogP contribution in [0.5, 0.6) is 5.75 Å². The first-order valence-electron chi connectivity index (χ1n) is 6.25. The van der Waals surface area contributed by atoms with Gasteiger partial charge in [0.1, 0.15) is 5.75 Å². The molecule has 0 unspecified atom stereocenters. The van der Waals surface area contributed by atoms with Crippen LogP contribution in [-0.4, -0.2) is 18.7 Å². The van der Waals surface area contributed by atoms with Crippen molar-refractivity contribution in [2.45, 2.75) is 32.1 Å². The summed E-state index contributed by atoms with van der Waals surface area (Å²) < 4.78 is 5.07. The van der Waals surface area contributed by atoms with Gasteiger partial charge in [0.15, 0.2) is 0 Å². The molecule has 1 saturated carbocycles. The zero-order valence-electron chi connectivity index (χ0n) is 10.6. The van der Waals surface area contributed by atoms with Crippen LogP contribution >= 0.6 is 0 Å². The summed E-state index contributed by atoms with van der Waals surface area (Å²) in [6.45, 7) is 0. The molecule has 96 valence electrons. The van der Waals surface area contributed by atoms with Crippen molar-refractivity contribution in [2.75, 3.05) is 7.11 Å². The number of carbonyl (C=O) groups excluding carboxylic acids is 1. The second-order valence-electron chi connectivity index (χ2n) is 4.44. The van der Waals surface area contributed by atoms with Gasteiger partial charge in [-0.25, -0.2) is 5.43 Å². The lowest BCUT2D eigenvalue weighted by molar-refractivity contribution is -0.120. The minimum atomic E-state index is -0.0698. The fraction of sp³-hybridized carbons (Fsp3) is 0.429. The van der Waals surface area contributed by atoms with E-state index in [4.69, 9.17) is 4.74 Å². The fourth-order valence-electron chi connectivity index (χ4n) is 2.00. The Bertz CT molecular complexity index is 430. The Labute approximate surface area is 107 Å². The molecule has 0 aliphatic heterocycles. The van der Waals surface area contributed by atoms with Crippen LogP contribution in [0.4, 0.5) is 0 Å². The summed E-state index contributed by atoms with van der Waals surface area (Å²) in [5, 5.41) is 4.15. The standard InChI is InChI=1S/C14H18N2O2/c1-18-13-8-6-11(7-9-13)10-14(17)16-15-12-4-2-3-5-12/h6-9H,2-5,10H2,1H3,(H,16,17). The highest BCUT2D eigenvalue weighted by Crippen LogP contribution is 2.14. The van der Waals surface area contributed by atoms with Crippen molar-refractivity contribution >= 4 is 11.6 Å². The maximum absolute atomic E-state index is 11.7. The minimum Gasteiger partial charge on any atom is -0.497 e. The summed E-state index contributed by atoms with van der Waals surface area (Å²) in [7, 11) is 1.62. The number of hydrogen-bond acceptors (Lipinski definition) is 3. The number of nitrogens with one attached hydrogen (secondary N) is 1. The van der Waals surface area contributed by atoms with Crippen LogP contribution in [-0.2, 0) is 11.2 Å². The quantitative estimate of drug-likeness (QED) is 0.829. The zero-order chi connectivity index (χ0) is 12.8. The molecule has 2 rings (SSSR count). The molecule has 0 saturated heterocycles. The number of amides is 1. The lowest BCUT2D eigenvalue weighted by Crippen LogP contribution is -2.21. The highest BCUT2D eigenvalue weighted by atomic mass is 16.5. The number of methoxy groups -OCH3 is 1. The third-order valence-electron chi connectivity index (χ3n) is 3.04. The van der Waals surface area contributed by atoms with E-state index in [1.807, 2.05) is 24.3 Å². The van der Waals surface area contributed by atoms with Gasteiger partial charge in [0, 0.05) is 5.71 Å². The van der Waals surface area contributed by atoms with Crippen LogP contribution in [0.3, 0.4) is 0 Å². The number of hydrogen-bond donors (Lipinski definition) is 1. The van der Waals surface area contributed by atoms with Crippen molar-refractivity contribution in [3.05, 3.63) is 29.8 Å². The van der Waals surface area contributed by atoms with Gasteiger partial charge in [-0.15, -0.1) is 0 Å². The number of carbonyl (C=O) groups is 1. The highest BCUT2D eigenvalue weighted by Gasteiger charge is 2.09. The summed E-state index contributed by atoms with van der Waals surface area (Å²) in [6, 6.07) is 7.49. The molecule has 4 nitrogen and oxygen atoms in total. The molecule has 1 aromatic carbocycles. The Morgan fingerprint density at radius 2 is 1.94 bits per heavy atom. The normalized spacial score (nSPS) is 14.4. The second kappa shape index (κ2) is 6.19. The molecule has 0 atom stereocenters. The maximum atomic E-state index is 11.7. The van der Waals surface area contributed by atoms with Crippen LogP contribution in [0, 0.1) is 0 Å². The Morgan fingerprint density at radius 1 is 1.28 bits per heavy atom. The topological polar surface area (TPSA) is 50.7 Å². The van der Waals surface area contributed by atoms with Crippen molar-refractivity contribution < 1.29 is 9.53 Å². The van der Waals surface area contributed by atoms with Gasteiger partial charge in [-0.3, -0.25) is 4.79 Å². The van der Waals surface area contributed by atoms with E-state index in [1.54, 1.807) is 7.11 Å². The Balaban J connectivity index is 1.84. The van der Waals surface area contributed by atoms with E-state index in [0.29, 0.717) is 6.42 Å². The van der Waals surface area contributed by atoms with E-state index in [-0.39, 0.29) is 5.91 Å². The maximum Gasteiger partial charge on any atom is 0.244 e. The molecule has 1 aromatic rings. The first-order chi connectivity index (χ1) is 8.78. The van der Waals surface area contributed by atoms with Crippen molar-refractivity contribution in [3.63, 3.8) is 0 Å². The smallest absolute Gasteiger partial charge is 0.244 e. The van der Waals surface area contributed by atoms with Gasteiger partial charge >= 0.3 is 0 Å². The van der Waals surface area contributed by atoms with Gasteiger partial charge in [-0.05, 0) is 43.4 Å². The molecule has 1 fully saturated rings. The molecular formula is C14H18N2O2. The molecule has 18 heavy (non-hydrogen) atoms. The number of benzene rings is 1. The van der Waals surface area contributed by atoms with Crippen LogP contribution < -0.4 is 10.2 Å².